The van der Waals surface area contributed by atoms with Gasteiger partial charge in [-0.2, -0.15) is 0 Å². The van der Waals surface area contributed by atoms with E-state index in [0.717, 1.165) is 17.5 Å². The van der Waals surface area contributed by atoms with E-state index in [9.17, 15) is 4.79 Å². The molecule has 2 nitrogen and oxygen atoms in total. The molecule has 1 aliphatic rings. The smallest absolute Gasteiger partial charge is 0.338 e. The number of hydrogen-bond donors (Lipinski definition) is 0. The Labute approximate surface area is 149 Å². The van der Waals surface area contributed by atoms with Gasteiger partial charge in [0, 0.05) is 11.1 Å². The van der Waals surface area contributed by atoms with Crippen molar-refractivity contribution in [1.82, 2.24) is 0 Å². The Hall–Kier alpha value is -2.79. The summed E-state index contributed by atoms with van der Waals surface area (Å²) < 4.78 is 4.99. The Balaban J connectivity index is 1.80. The number of carbonyl (C=O) groups is 1. The predicted molar refractivity (Wildman–Crippen MR) is 101 cm³/mol. The van der Waals surface area contributed by atoms with Crippen LogP contribution in [-0.2, 0) is 10.2 Å². The van der Waals surface area contributed by atoms with Crippen LogP contribution in [0.15, 0.2) is 48.5 Å². The molecule has 2 aromatic rings. The van der Waals surface area contributed by atoms with E-state index in [2.05, 4.69) is 56.0 Å². The van der Waals surface area contributed by atoms with Crippen molar-refractivity contribution in [3.8, 4) is 11.8 Å². The minimum atomic E-state index is -0.300. The number of fused-ring (bicyclic) bond motifs is 1. The molecule has 0 atom stereocenters. The van der Waals surface area contributed by atoms with Crippen LogP contribution < -0.4 is 0 Å². The van der Waals surface area contributed by atoms with Crippen molar-refractivity contribution in [3.05, 3.63) is 76.4 Å². The predicted octanol–water partition coefficient (Wildman–Crippen LogP) is 4.96. The lowest BCUT2D eigenvalue weighted by Crippen LogP contribution is -2.19. The zero-order chi connectivity index (χ0) is 17.9. The molecule has 1 aliphatic carbocycles. The van der Waals surface area contributed by atoms with Gasteiger partial charge in [0.15, 0.2) is 0 Å². The first-order valence-electron chi connectivity index (χ1n) is 8.60. The minimum Gasteiger partial charge on any atom is -0.462 e. The Morgan fingerprint density at radius 1 is 1.08 bits per heavy atom. The van der Waals surface area contributed by atoms with E-state index in [-0.39, 0.29) is 11.4 Å². The molecule has 0 spiro atoms. The van der Waals surface area contributed by atoms with Crippen molar-refractivity contribution in [2.24, 2.45) is 0 Å². The Kier molecular flexibility index (Phi) is 4.76. The van der Waals surface area contributed by atoms with Gasteiger partial charge >= 0.3 is 5.97 Å². The molecule has 0 aliphatic heterocycles. The van der Waals surface area contributed by atoms with Crippen LogP contribution in [0, 0.1) is 11.8 Å². The highest BCUT2D eigenvalue weighted by atomic mass is 16.5. The quantitative estimate of drug-likeness (QED) is 0.575. The Morgan fingerprint density at radius 2 is 1.76 bits per heavy atom. The van der Waals surface area contributed by atoms with Crippen molar-refractivity contribution >= 4 is 12.0 Å². The molecular weight excluding hydrogens is 308 g/mol. The van der Waals surface area contributed by atoms with Crippen molar-refractivity contribution in [3.63, 3.8) is 0 Å². The van der Waals surface area contributed by atoms with Gasteiger partial charge in [0.05, 0.1) is 12.2 Å². The highest BCUT2D eigenvalue weighted by Gasteiger charge is 2.24. The fourth-order valence-corrected chi connectivity index (χ4v) is 3.03. The molecular formula is C23H22O2. The molecule has 0 fully saturated rings. The molecule has 25 heavy (non-hydrogen) atoms. The first-order valence-corrected chi connectivity index (χ1v) is 8.60. The standard InChI is InChI=1S/C23H22O2/c1-4-25-22(24)19-12-9-17(10-13-19)7-8-18-11-14-21-20(16-18)6-5-15-23(21,2)3/h5-6,9-14,16H,4,15H2,1-3H3. The molecule has 0 N–H and O–H groups in total. The SMILES string of the molecule is CCOC(=O)c1ccc(C#Cc2ccc3c(c2)C=CCC3(C)C)cc1. The zero-order valence-corrected chi connectivity index (χ0v) is 14.9. The molecule has 0 saturated carbocycles. The second kappa shape index (κ2) is 6.99. The molecule has 0 aromatic heterocycles. The number of esters is 1. The summed E-state index contributed by atoms with van der Waals surface area (Å²) in [4.78, 5) is 11.7. The molecule has 2 aromatic carbocycles. The summed E-state index contributed by atoms with van der Waals surface area (Å²) >= 11 is 0. The summed E-state index contributed by atoms with van der Waals surface area (Å²) in [6.45, 7) is 6.72. The molecule has 3 rings (SSSR count). The van der Waals surface area contributed by atoms with Crippen LogP contribution in [0.5, 0.6) is 0 Å². The maximum absolute atomic E-state index is 11.7. The van der Waals surface area contributed by atoms with E-state index >= 15 is 0 Å². The van der Waals surface area contributed by atoms with Crippen LogP contribution in [0.2, 0.25) is 0 Å². The van der Waals surface area contributed by atoms with Crippen LogP contribution in [0.4, 0.5) is 0 Å². The van der Waals surface area contributed by atoms with Crippen molar-refractivity contribution < 1.29 is 9.53 Å². The van der Waals surface area contributed by atoms with Crippen molar-refractivity contribution in [2.45, 2.75) is 32.6 Å². The normalized spacial score (nSPS) is 14.2. The minimum absolute atomic E-state index is 0.180. The van der Waals surface area contributed by atoms with Gasteiger partial charge in [-0.1, -0.05) is 43.9 Å². The van der Waals surface area contributed by atoms with Gasteiger partial charge in [-0.05, 0) is 66.3 Å². The van der Waals surface area contributed by atoms with Gasteiger partial charge in [0.2, 0.25) is 0 Å². The first kappa shape index (κ1) is 17.0. The summed E-state index contributed by atoms with van der Waals surface area (Å²) in [5, 5.41) is 0. The average Bonchev–Trinajstić information content (AvgIpc) is 2.60. The highest BCUT2D eigenvalue weighted by molar-refractivity contribution is 5.89. The molecule has 0 radical (unpaired) electrons. The van der Waals surface area contributed by atoms with Crippen molar-refractivity contribution in [2.75, 3.05) is 6.61 Å². The Bertz CT molecular complexity index is 875. The zero-order valence-electron chi connectivity index (χ0n) is 14.9. The summed E-state index contributed by atoms with van der Waals surface area (Å²) in [7, 11) is 0. The van der Waals surface area contributed by atoms with Gasteiger partial charge in [-0.15, -0.1) is 0 Å². The number of rotatable bonds is 2. The van der Waals surface area contributed by atoms with Gasteiger partial charge in [0.1, 0.15) is 0 Å². The van der Waals surface area contributed by atoms with E-state index in [1.54, 1.807) is 19.1 Å². The van der Waals surface area contributed by atoms with Gasteiger partial charge in [0.25, 0.3) is 0 Å². The van der Waals surface area contributed by atoms with Crippen LogP contribution in [0.25, 0.3) is 6.08 Å². The largest absolute Gasteiger partial charge is 0.462 e. The fourth-order valence-electron chi connectivity index (χ4n) is 3.03. The molecule has 126 valence electrons. The number of hydrogen-bond acceptors (Lipinski definition) is 2. The summed E-state index contributed by atoms with van der Waals surface area (Å²) in [5.74, 6) is 6.07. The van der Waals surface area contributed by atoms with Crippen molar-refractivity contribution in [1.29, 1.82) is 0 Å². The van der Waals surface area contributed by atoms with E-state index in [0.29, 0.717) is 12.2 Å². The lowest BCUT2D eigenvalue weighted by Gasteiger charge is -2.29. The number of ether oxygens (including phenoxy) is 1. The maximum atomic E-state index is 11.7. The monoisotopic (exact) mass is 330 g/mol. The average molecular weight is 330 g/mol. The number of benzene rings is 2. The fraction of sp³-hybridized carbons (Fsp3) is 0.261. The molecule has 0 saturated heterocycles. The van der Waals surface area contributed by atoms with Crippen LogP contribution >= 0.6 is 0 Å². The van der Waals surface area contributed by atoms with E-state index < -0.39 is 0 Å². The third-order valence-corrected chi connectivity index (χ3v) is 4.45. The molecule has 0 bridgehead atoms. The summed E-state index contributed by atoms with van der Waals surface area (Å²) in [6, 6.07) is 13.6. The summed E-state index contributed by atoms with van der Waals surface area (Å²) in [6.07, 6.45) is 5.48. The van der Waals surface area contributed by atoms with E-state index in [1.165, 1.54) is 11.1 Å². The number of allylic oxidation sites excluding steroid dienone is 1. The van der Waals surface area contributed by atoms with E-state index in [4.69, 9.17) is 4.74 Å². The molecule has 2 heteroatoms. The van der Waals surface area contributed by atoms with Gasteiger partial charge in [-0.25, -0.2) is 4.79 Å². The first-order chi connectivity index (χ1) is 12.0. The lowest BCUT2D eigenvalue weighted by molar-refractivity contribution is 0.0526. The topological polar surface area (TPSA) is 26.3 Å². The van der Waals surface area contributed by atoms with Crippen LogP contribution in [0.3, 0.4) is 0 Å². The Morgan fingerprint density at radius 3 is 2.48 bits per heavy atom. The van der Waals surface area contributed by atoms with Gasteiger partial charge < -0.3 is 4.74 Å². The third-order valence-electron chi connectivity index (χ3n) is 4.45. The third kappa shape index (κ3) is 3.83. The molecule has 0 unspecified atom stereocenters. The van der Waals surface area contributed by atoms with Crippen LogP contribution in [0.1, 0.15) is 59.8 Å². The van der Waals surface area contributed by atoms with Gasteiger partial charge in [-0.3, -0.25) is 0 Å². The molecule has 0 amide bonds. The second-order valence-electron chi connectivity index (χ2n) is 6.84. The lowest BCUT2D eigenvalue weighted by atomic mass is 9.75. The second-order valence-corrected chi connectivity index (χ2v) is 6.84. The maximum Gasteiger partial charge on any atom is 0.338 e. The number of carbonyl (C=O) groups excluding carboxylic acids is 1. The van der Waals surface area contributed by atoms with Crippen LogP contribution in [-0.4, -0.2) is 12.6 Å². The highest BCUT2D eigenvalue weighted by Crippen LogP contribution is 2.35. The van der Waals surface area contributed by atoms with E-state index in [1.807, 2.05) is 12.1 Å². The molecule has 0 heterocycles. The summed E-state index contributed by atoms with van der Waals surface area (Å²) in [5.41, 5.74) is 5.23.